The molecule has 0 aliphatic carbocycles. The quantitative estimate of drug-likeness (QED) is 0.106. The van der Waals surface area contributed by atoms with Crippen LogP contribution < -0.4 is 15.0 Å². The Morgan fingerprint density at radius 1 is 0.328 bits per heavy atom. The molecule has 0 fully saturated rings. The molecular weight excluding hydrogens is 753 g/mol. The summed E-state index contributed by atoms with van der Waals surface area (Å²) in [6, 6.07) is 72.4. The van der Waals surface area contributed by atoms with Gasteiger partial charge in [-0.15, -0.1) is 0 Å². The van der Waals surface area contributed by atoms with E-state index in [0.717, 1.165) is 22.7 Å². The van der Waals surface area contributed by atoms with Crippen molar-refractivity contribution in [2.24, 2.45) is 0 Å². The molecule has 0 amide bonds. The van der Waals surface area contributed by atoms with Gasteiger partial charge in [-0.3, -0.25) is 0 Å². The summed E-state index contributed by atoms with van der Waals surface area (Å²) < 4.78 is 0. The number of anilines is 6. The highest BCUT2D eigenvalue weighted by Crippen LogP contribution is 2.52. The van der Waals surface area contributed by atoms with Crippen LogP contribution in [0.25, 0.3) is 54.6 Å². The van der Waals surface area contributed by atoms with Gasteiger partial charge in [0.25, 0.3) is 0 Å². The molecule has 0 heterocycles. The van der Waals surface area contributed by atoms with Crippen LogP contribution in [0.3, 0.4) is 0 Å². The minimum absolute atomic E-state index is 1.12. The molecular formula is C58H50N2Si. The second-order valence-corrected chi connectivity index (χ2v) is 22.8. The summed E-state index contributed by atoms with van der Waals surface area (Å²) in [6.45, 7) is 13.9. The smallest absolute Gasteiger partial charge is 0.0776 e. The van der Waals surface area contributed by atoms with Gasteiger partial charge < -0.3 is 9.80 Å². The van der Waals surface area contributed by atoms with Gasteiger partial charge in [-0.05, 0) is 120 Å². The highest BCUT2D eigenvalue weighted by molar-refractivity contribution is 6.88. The van der Waals surface area contributed by atoms with E-state index in [0.29, 0.717) is 0 Å². The van der Waals surface area contributed by atoms with E-state index < -0.39 is 8.07 Å². The molecule has 0 spiro atoms. The molecule has 10 aromatic carbocycles. The first kappa shape index (κ1) is 38.3. The molecule has 296 valence electrons. The molecule has 0 bridgehead atoms. The topological polar surface area (TPSA) is 6.48 Å². The van der Waals surface area contributed by atoms with E-state index in [-0.39, 0.29) is 0 Å². The third-order valence-electron chi connectivity index (χ3n) is 12.3. The molecule has 2 nitrogen and oxygen atoms in total. The fraction of sp³-hybridized carbons (Fsp3) is 0.103. The monoisotopic (exact) mass is 802 g/mol. The molecule has 10 rings (SSSR count). The van der Waals surface area contributed by atoms with Crippen molar-refractivity contribution in [3.63, 3.8) is 0 Å². The molecule has 3 heteroatoms. The van der Waals surface area contributed by atoms with Gasteiger partial charge in [-0.25, -0.2) is 0 Å². The Labute approximate surface area is 361 Å². The van der Waals surface area contributed by atoms with E-state index in [4.69, 9.17) is 0 Å². The Bertz CT molecular complexity index is 3220. The first-order valence-electron chi connectivity index (χ1n) is 21.4. The largest absolute Gasteiger partial charge is 0.310 e. The van der Waals surface area contributed by atoms with E-state index in [1.54, 1.807) is 0 Å². The molecule has 0 aliphatic rings. The standard InChI is InChI=1S/C58H50N2Si/c1-39-17-13-20-42(33-39)53-37-55(59(44-22-9-7-10-23-44)46-26-15-19-41(3)35-46)51-31-29-50-54(43-21-14-18-40(2)34-43)38-56(52-32-30-49(53)57(51)58(50)52)60(45-24-11-8-12-25-45)47-27-16-28-48(36-47)61(4,5)6/h7-38H,1-6H3. The third-order valence-corrected chi connectivity index (χ3v) is 14.3. The van der Waals surface area contributed by atoms with Gasteiger partial charge in [0.05, 0.1) is 19.4 Å². The van der Waals surface area contributed by atoms with Gasteiger partial charge >= 0.3 is 0 Å². The van der Waals surface area contributed by atoms with Gasteiger partial charge in [0.2, 0.25) is 0 Å². The van der Waals surface area contributed by atoms with E-state index >= 15 is 0 Å². The van der Waals surface area contributed by atoms with Crippen molar-refractivity contribution >= 4 is 79.7 Å². The maximum atomic E-state index is 2.50. The van der Waals surface area contributed by atoms with Gasteiger partial charge in [0.15, 0.2) is 0 Å². The summed E-state index contributed by atoms with van der Waals surface area (Å²) in [5.41, 5.74) is 15.5. The minimum atomic E-state index is -1.64. The number of nitrogens with zero attached hydrogens (tertiary/aromatic N) is 2. The molecule has 0 aromatic heterocycles. The molecule has 10 aromatic rings. The normalized spacial score (nSPS) is 11.8. The van der Waals surface area contributed by atoms with Crippen LogP contribution >= 0.6 is 0 Å². The van der Waals surface area contributed by atoms with Crippen LogP contribution in [0, 0.1) is 20.8 Å². The molecule has 0 saturated heterocycles. The van der Waals surface area contributed by atoms with Crippen molar-refractivity contribution in [3.05, 3.63) is 211 Å². The van der Waals surface area contributed by atoms with Crippen molar-refractivity contribution in [1.29, 1.82) is 0 Å². The van der Waals surface area contributed by atoms with Gasteiger partial charge in [0, 0.05) is 44.3 Å². The highest BCUT2D eigenvalue weighted by atomic mass is 28.3. The SMILES string of the molecule is Cc1cccc(-c2cc(N(c3ccccc3)c3cccc(C)c3)c3ccc4c(-c5cccc(C)c5)cc(N(c5ccccc5)c5cccc([Si](C)(C)C)c5)c5ccc2c3c45)c1. The molecule has 61 heavy (non-hydrogen) atoms. The lowest BCUT2D eigenvalue weighted by Crippen LogP contribution is -2.37. The molecule has 0 aliphatic heterocycles. The van der Waals surface area contributed by atoms with Crippen LogP contribution in [0.15, 0.2) is 194 Å². The Morgan fingerprint density at radius 3 is 1.16 bits per heavy atom. The molecule has 0 atom stereocenters. The van der Waals surface area contributed by atoms with Gasteiger partial charge in [-0.2, -0.15) is 0 Å². The first-order valence-corrected chi connectivity index (χ1v) is 24.9. The van der Waals surface area contributed by atoms with Crippen molar-refractivity contribution < 1.29 is 0 Å². The predicted octanol–water partition coefficient (Wildman–Crippen LogP) is 16.3. The summed E-state index contributed by atoms with van der Waals surface area (Å²) in [7, 11) is -1.64. The lowest BCUT2D eigenvalue weighted by atomic mass is 9.85. The van der Waals surface area contributed by atoms with E-state index in [1.807, 2.05) is 0 Å². The van der Waals surface area contributed by atoms with E-state index in [1.165, 1.54) is 87.8 Å². The van der Waals surface area contributed by atoms with Crippen LogP contribution in [0.5, 0.6) is 0 Å². The number of aryl methyl sites for hydroxylation is 3. The van der Waals surface area contributed by atoms with Gasteiger partial charge in [-0.1, -0.05) is 169 Å². The van der Waals surface area contributed by atoms with Crippen molar-refractivity contribution in [1.82, 2.24) is 0 Å². The molecule has 0 unspecified atom stereocenters. The maximum Gasteiger partial charge on any atom is 0.0776 e. The predicted molar refractivity (Wildman–Crippen MR) is 268 cm³/mol. The Kier molecular flexibility index (Phi) is 9.58. The zero-order valence-corrected chi connectivity index (χ0v) is 36.9. The Morgan fingerprint density at radius 2 is 0.721 bits per heavy atom. The highest BCUT2D eigenvalue weighted by Gasteiger charge is 2.26. The zero-order valence-electron chi connectivity index (χ0n) is 35.9. The fourth-order valence-electron chi connectivity index (χ4n) is 9.32. The number of hydrogen-bond acceptors (Lipinski definition) is 2. The summed E-state index contributed by atoms with van der Waals surface area (Å²) in [5, 5.41) is 8.93. The molecule has 0 N–H and O–H groups in total. The van der Waals surface area contributed by atoms with E-state index in [2.05, 4.69) is 244 Å². The minimum Gasteiger partial charge on any atom is -0.310 e. The Hall–Kier alpha value is -6.94. The van der Waals surface area contributed by atoms with Crippen LogP contribution in [0.4, 0.5) is 34.1 Å². The van der Waals surface area contributed by atoms with Crippen molar-refractivity contribution in [2.45, 2.75) is 40.4 Å². The van der Waals surface area contributed by atoms with Gasteiger partial charge in [0.1, 0.15) is 0 Å². The first-order chi connectivity index (χ1) is 29.6. The summed E-state index contributed by atoms with van der Waals surface area (Å²) in [6.07, 6.45) is 0. The lowest BCUT2D eigenvalue weighted by Gasteiger charge is -2.31. The number of benzene rings is 10. The van der Waals surface area contributed by atoms with Crippen LogP contribution in [-0.2, 0) is 0 Å². The van der Waals surface area contributed by atoms with Crippen LogP contribution in [-0.4, -0.2) is 8.07 Å². The zero-order chi connectivity index (χ0) is 41.8. The maximum absolute atomic E-state index is 2.50. The number of rotatable bonds is 9. The summed E-state index contributed by atoms with van der Waals surface area (Å²) >= 11 is 0. The van der Waals surface area contributed by atoms with E-state index in [9.17, 15) is 0 Å². The van der Waals surface area contributed by atoms with Crippen molar-refractivity contribution in [3.8, 4) is 22.3 Å². The van der Waals surface area contributed by atoms with Crippen LogP contribution in [0.1, 0.15) is 16.7 Å². The molecule has 0 saturated carbocycles. The lowest BCUT2D eigenvalue weighted by molar-refractivity contribution is 1.28. The second-order valence-electron chi connectivity index (χ2n) is 17.7. The second kappa shape index (κ2) is 15.3. The third kappa shape index (κ3) is 6.95. The molecule has 0 radical (unpaired) electrons. The fourth-order valence-corrected chi connectivity index (χ4v) is 10.5. The average molecular weight is 803 g/mol. The average Bonchev–Trinajstić information content (AvgIpc) is 3.27. The number of para-hydroxylation sites is 2. The Balaban J connectivity index is 1.39. The summed E-state index contributed by atoms with van der Waals surface area (Å²) in [5.74, 6) is 0. The van der Waals surface area contributed by atoms with Crippen molar-refractivity contribution in [2.75, 3.05) is 9.80 Å². The number of hydrogen-bond donors (Lipinski definition) is 0. The van der Waals surface area contributed by atoms with Crippen LogP contribution in [0.2, 0.25) is 19.6 Å². The summed E-state index contributed by atoms with van der Waals surface area (Å²) in [4.78, 5) is 4.96.